The molecule has 0 bridgehead atoms. The third-order valence-electron chi connectivity index (χ3n) is 4.22. The Labute approximate surface area is 107 Å². The monoisotopic (exact) mass is 253 g/mol. The predicted octanol–water partition coefficient (Wildman–Crippen LogP) is 3.66. The minimum atomic E-state index is -0.761. The van der Waals surface area contributed by atoms with E-state index in [1.54, 1.807) is 12.1 Å². The Bertz CT molecular complexity index is 419. The number of nitrogens with two attached hydrogens (primary N) is 1. The summed E-state index contributed by atoms with van der Waals surface area (Å²) in [5.41, 5.74) is 6.34. The Kier molecular flexibility index (Phi) is 4.00. The summed E-state index contributed by atoms with van der Waals surface area (Å²) < 4.78 is 27.0. The van der Waals surface area contributed by atoms with E-state index in [4.69, 9.17) is 5.73 Å². The summed E-state index contributed by atoms with van der Waals surface area (Å²) in [5, 5.41) is 0. The van der Waals surface area contributed by atoms with Gasteiger partial charge in [0.05, 0.1) is 0 Å². The molecule has 0 aliphatic heterocycles. The van der Waals surface area contributed by atoms with Gasteiger partial charge in [0.1, 0.15) is 0 Å². The van der Waals surface area contributed by atoms with Gasteiger partial charge < -0.3 is 5.73 Å². The Hall–Kier alpha value is -0.960. The Morgan fingerprint density at radius 1 is 1.39 bits per heavy atom. The number of hydrogen-bond acceptors (Lipinski definition) is 1. The third kappa shape index (κ3) is 2.72. The molecule has 1 aliphatic carbocycles. The normalized spacial score (nSPS) is 28.3. The van der Waals surface area contributed by atoms with Crippen LogP contribution in [0.25, 0.3) is 0 Å². The number of hydrogen-bond donors (Lipinski definition) is 1. The summed E-state index contributed by atoms with van der Waals surface area (Å²) in [4.78, 5) is 0. The van der Waals surface area contributed by atoms with Crippen molar-refractivity contribution < 1.29 is 8.78 Å². The van der Waals surface area contributed by atoms with Gasteiger partial charge in [-0.1, -0.05) is 31.9 Å². The maximum atomic E-state index is 13.7. The van der Waals surface area contributed by atoms with Gasteiger partial charge in [-0.2, -0.15) is 0 Å². The zero-order chi connectivity index (χ0) is 13.2. The third-order valence-corrected chi connectivity index (χ3v) is 4.22. The second-order valence-corrected chi connectivity index (χ2v) is 5.80. The highest BCUT2D eigenvalue weighted by Gasteiger charge is 2.34. The molecular weight excluding hydrogens is 232 g/mol. The summed E-state index contributed by atoms with van der Waals surface area (Å²) in [5.74, 6) is -0.842. The van der Waals surface area contributed by atoms with Gasteiger partial charge in [-0.05, 0) is 48.8 Å². The summed E-state index contributed by atoms with van der Waals surface area (Å²) in [7, 11) is 0. The van der Waals surface area contributed by atoms with Gasteiger partial charge in [0.2, 0.25) is 0 Å². The number of rotatable bonds is 3. The first-order valence-electron chi connectivity index (χ1n) is 6.69. The molecule has 2 rings (SSSR count). The summed E-state index contributed by atoms with van der Waals surface area (Å²) in [6, 6.07) is 4.41. The van der Waals surface area contributed by atoms with Crippen molar-refractivity contribution in [2.45, 2.75) is 39.0 Å². The van der Waals surface area contributed by atoms with Gasteiger partial charge in [0.15, 0.2) is 11.6 Å². The van der Waals surface area contributed by atoms with Crippen LogP contribution >= 0.6 is 0 Å². The lowest BCUT2D eigenvalue weighted by atomic mass is 9.67. The molecule has 1 aromatic carbocycles. The van der Waals surface area contributed by atoms with Crippen molar-refractivity contribution in [2.24, 2.45) is 17.1 Å². The number of halogens is 2. The molecule has 0 heterocycles. The average Bonchev–Trinajstić information content (AvgIpc) is 2.35. The van der Waals surface area contributed by atoms with E-state index in [1.807, 2.05) is 0 Å². The van der Waals surface area contributed by atoms with E-state index in [2.05, 4.69) is 6.92 Å². The van der Waals surface area contributed by atoms with E-state index in [0.29, 0.717) is 24.4 Å². The van der Waals surface area contributed by atoms with Crippen LogP contribution < -0.4 is 5.73 Å². The Morgan fingerprint density at radius 3 is 2.83 bits per heavy atom. The molecule has 0 aromatic heterocycles. The van der Waals surface area contributed by atoms with Crippen molar-refractivity contribution >= 4 is 0 Å². The predicted molar refractivity (Wildman–Crippen MR) is 69.2 cm³/mol. The van der Waals surface area contributed by atoms with Crippen molar-refractivity contribution in [3.05, 3.63) is 35.4 Å². The van der Waals surface area contributed by atoms with Gasteiger partial charge in [-0.3, -0.25) is 0 Å². The van der Waals surface area contributed by atoms with E-state index >= 15 is 0 Å². The SMILES string of the molecule is CC1CCCC(CN)(Cc2cccc(F)c2F)C1. The molecule has 3 heteroatoms. The van der Waals surface area contributed by atoms with Crippen LogP contribution in [-0.2, 0) is 6.42 Å². The van der Waals surface area contributed by atoms with Gasteiger partial charge in [-0.25, -0.2) is 8.78 Å². The van der Waals surface area contributed by atoms with Crippen LogP contribution in [0.5, 0.6) is 0 Å². The van der Waals surface area contributed by atoms with Gasteiger partial charge in [0, 0.05) is 0 Å². The minimum Gasteiger partial charge on any atom is -0.330 e. The largest absolute Gasteiger partial charge is 0.330 e. The molecule has 0 spiro atoms. The van der Waals surface area contributed by atoms with E-state index in [0.717, 1.165) is 25.3 Å². The molecule has 0 saturated heterocycles. The fourth-order valence-corrected chi connectivity index (χ4v) is 3.28. The maximum absolute atomic E-state index is 13.7. The maximum Gasteiger partial charge on any atom is 0.162 e. The van der Waals surface area contributed by atoms with Crippen molar-refractivity contribution in [1.29, 1.82) is 0 Å². The van der Waals surface area contributed by atoms with E-state index in [9.17, 15) is 8.78 Å². The molecule has 2 atom stereocenters. The Morgan fingerprint density at radius 2 is 2.17 bits per heavy atom. The van der Waals surface area contributed by atoms with Crippen LogP contribution in [0, 0.1) is 23.0 Å². The summed E-state index contributed by atoms with van der Waals surface area (Å²) in [6.45, 7) is 2.76. The fourth-order valence-electron chi connectivity index (χ4n) is 3.28. The molecule has 1 aliphatic rings. The van der Waals surface area contributed by atoms with Crippen LogP contribution in [0.2, 0.25) is 0 Å². The van der Waals surface area contributed by atoms with Crippen molar-refractivity contribution in [3.63, 3.8) is 0 Å². The molecule has 1 nitrogen and oxygen atoms in total. The molecule has 18 heavy (non-hydrogen) atoms. The molecule has 2 N–H and O–H groups in total. The van der Waals surface area contributed by atoms with Gasteiger partial charge in [-0.15, -0.1) is 0 Å². The highest BCUT2D eigenvalue weighted by molar-refractivity contribution is 5.21. The molecule has 100 valence electrons. The fraction of sp³-hybridized carbons (Fsp3) is 0.600. The van der Waals surface area contributed by atoms with Crippen molar-refractivity contribution in [2.75, 3.05) is 6.54 Å². The molecular formula is C15H21F2N. The van der Waals surface area contributed by atoms with Gasteiger partial charge in [0.25, 0.3) is 0 Å². The van der Waals surface area contributed by atoms with Crippen molar-refractivity contribution in [1.82, 2.24) is 0 Å². The van der Waals surface area contributed by atoms with E-state index < -0.39 is 11.6 Å². The lowest BCUT2D eigenvalue weighted by Crippen LogP contribution is -2.37. The summed E-state index contributed by atoms with van der Waals surface area (Å²) in [6.07, 6.45) is 4.93. The molecule has 0 amide bonds. The smallest absolute Gasteiger partial charge is 0.162 e. The standard InChI is InChI=1S/C15H21F2N/c1-11-4-3-7-15(8-11,10-18)9-12-5-2-6-13(16)14(12)17/h2,5-6,11H,3-4,7-10,18H2,1H3. The number of benzene rings is 1. The lowest BCUT2D eigenvalue weighted by Gasteiger charge is -2.39. The first kappa shape index (κ1) is 13.5. The first-order valence-corrected chi connectivity index (χ1v) is 6.69. The molecule has 1 saturated carbocycles. The topological polar surface area (TPSA) is 26.0 Å². The van der Waals surface area contributed by atoms with E-state index in [1.165, 1.54) is 6.42 Å². The highest BCUT2D eigenvalue weighted by Crippen LogP contribution is 2.41. The molecule has 2 unspecified atom stereocenters. The van der Waals surface area contributed by atoms with Crippen LogP contribution in [0.15, 0.2) is 18.2 Å². The van der Waals surface area contributed by atoms with Crippen LogP contribution in [0.1, 0.15) is 38.2 Å². The summed E-state index contributed by atoms with van der Waals surface area (Å²) >= 11 is 0. The molecule has 0 radical (unpaired) electrons. The second kappa shape index (κ2) is 5.35. The van der Waals surface area contributed by atoms with Crippen molar-refractivity contribution in [3.8, 4) is 0 Å². The average molecular weight is 253 g/mol. The van der Waals surface area contributed by atoms with Crippen LogP contribution in [0.4, 0.5) is 8.78 Å². The zero-order valence-electron chi connectivity index (χ0n) is 10.9. The van der Waals surface area contributed by atoms with Gasteiger partial charge >= 0.3 is 0 Å². The van der Waals surface area contributed by atoms with Crippen LogP contribution in [0.3, 0.4) is 0 Å². The van der Waals surface area contributed by atoms with E-state index in [-0.39, 0.29) is 5.41 Å². The molecule has 1 fully saturated rings. The lowest BCUT2D eigenvalue weighted by molar-refractivity contribution is 0.152. The quantitative estimate of drug-likeness (QED) is 0.874. The second-order valence-electron chi connectivity index (χ2n) is 5.80. The minimum absolute atomic E-state index is 0.0493. The van der Waals surface area contributed by atoms with Crippen LogP contribution in [-0.4, -0.2) is 6.54 Å². The zero-order valence-corrected chi connectivity index (χ0v) is 10.9. The first-order chi connectivity index (χ1) is 8.56. The Balaban J connectivity index is 2.22. The highest BCUT2D eigenvalue weighted by atomic mass is 19.2. The molecule has 1 aromatic rings.